The fourth-order valence-corrected chi connectivity index (χ4v) is 3.26. The van der Waals surface area contributed by atoms with Crippen molar-refractivity contribution >= 4 is 23.6 Å². The van der Waals surface area contributed by atoms with Crippen LogP contribution in [0.5, 0.6) is 0 Å². The Morgan fingerprint density at radius 1 is 1.24 bits per heavy atom. The van der Waals surface area contributed by atoms with Gasteiger partial charge in [-0.3, -0.25) is 0 Å². The number of nitrogens with zero attached hydrogens (tertiary/aromatic N) is 3. The van der Waals surface area contributed by atoms with Gasteiger partial charge in [0.2, 0.25) is 0 Å². The van der Waals surface area contributed by atoms with Crippen molar-refractivity contribution in [2.45, 2.75) is 31.7 Å². The Bertz CT molecular complexity index is 908. The summed E-state index contributed by atoms with van der Waals surface area (Å²) in [7, 11) is 0. The summed E-state index contributed by atoms with van der Waals surface area (Å²) in [4.78, 5) is 24.7. The van der Waals surface area contributed by atoms with Gasteiger partial charge in [-0.05, 0) is 42.7 Å². The van der Waals surface area contributed by atoms with Crippen LogP contribution in [0, 0.1) is 0 Å². The van der Waals surface area contributed by atoms with Crippen molar-refractivity contribution in [3.63, 3.8) is 0 Å². The Hall–Kier alpha value is -2.59. The molecule has 3 rings (SSSR count). The maximum absolute atomic E-state index is 13.1. The van der Waals surface area contributed by atoms with Gasteiger partial charge in [-0.25, -0.2) is 9.59 Å². The number of alkyl halides is 3. The van der Waals surface area contributed by atoms with E-state index in [1.54, 1.807) is 0 Å². The number of ether oxygens (including phenoxy) is 1. The van der Waals surface area contributed by atoms with Gasteiger partial charge in [0.25, 0.3) is 0 Å². The van der Waals surface area contributed by atoms with Gasteiger partial charge < -0.3 is 14.7 Å². The van der Waals surface area contributed by atoms with Crippen LogP contribution in [0.15, 0.2) is 30.5 Å². The molecule has 29 heavy (non-hydrogen) atoms. The number of benzene rings is 1. The highest BCUT2D eigenvalue weighted by Crippen LogP contribution is 2.34. The van der Waals surface area contributed by atoms with E-state index in [9.17, 15) is 22.8 Å². The van der Waals surface area contributed by atoms with Crippen LogP contribution in [-0.2, 0) is 17.5 Å². The molecule has 156 valence electrons. The average molecular weight is 432 g/mol. The van der Waals surface area contributed by atoms with Crippen LogP contribution in [0.25, 0.3) is 0 Å². The summed E-state index contributed by atoms with van der Waals surface area (Å²) < 4.78 is 45.9. The lowest BCUT2D eigenvalue weighted by Crippen LogP contribution is -2.43. The molecule has 0 unspecified atom stereocenters. The number of piperidine rings is 1. The van der Waals surface area contributed by atoms with Crippen LogP contribution in [0.3, 0.4) is 0 Å². The molecule has 7 nitrogen and oxygen atoms in total. The molecule has 1 aliphatic heterocycles. The molecule has 1 aromatic carbocycles. The van der Waals surface area contributed by atoms with E-state index in [-0.39, 0.29) is 29.0 Å². The minimum absolute atomic E-state index is 0.0405. The second-order valence-corrected chi connectivity index (χ2v) is 6.97. The maximum atomic E-state index is 13.1. The van der Waals surface area contributed by atoms with Crippen molar-refractivity contribution < 1.29 is 32.6 Å². The van der Waals surface area contributed by atoms with Gasteiger partial charge in [0, 0.05) is 24.3 Å². The Morgan fingerprint density at radius 2 is 1.93 bits per heavy atom. The summed E-state index contributed by atoms with van der Waals surface area (Å²) in [6.45, 7) is 0.385. The third kappa shape index (κ3) is 5.07. The number of carboxylic acid groups (broad SMARTS) is 1. The number of carbonyl (C=O) groups is 2. The molecule has 1 saturated heterocycles. The van der Waals surface area contributed by atoms with E-state index in [0.717, 1.165) is 10.7 Å². The molecule has 11 heteroatoms. The van der Waals surface area contributed by atoms with Crippen LogP contribution in [0.2, 0.25) is 5.02 Å². The molecule has 0 bridgehead atoms. The van der Waals surface area contributed by atoms with E-state index in [2.05, 4.69) is 5.10 Å². The zero-order valence-electron chi connectivity index (χ0n) is 15.0. The molecule has 0 aliphatic carbocycles. The molecule has 1 fully saturated rings. The van der Waals surface area contributed by atoms with E-state index >= 15 is 0 Å². The zero-order valence-corrected chi connectivity index (χ0v) is 15.8. The van der Waals surface area contributed by atoms with E-state index < -0.39 is 23.7 Å². The first-order valence-electron chi connectivity index (χ1n) is 8.70. The first kappa shape index (κ1) is 21.1. The zero-order chi connectivity index (χ0) is 21.2. The molecule has 1 aliphatic rings. The first-order valence-corrected chi connectivity index (χ1v) is 9.08. The second-order valence-electron chi connectivity index (χ2n) is 6.53. The van der Waals surface area contributed by atoms with Crippen LogP contribution in [0.4, 0.5) is 18.0 Å². The number of carbonyl (C=O) groups excluding carboxylic acids is 1. The minimum Gasteiger partial charge on any atom is -0.476 e. The third-order valence-corrected chi connectivity index (χ3v) is 4.80. The van der Waals surface area contributed by atoms with Crippen molar-refractivity contribution in [1.29, 1.82) is 0 Å². The quantitative estimate of drug-likeness (QED) is 0.793. The molecule has 0 radical (unpaired) electrons. The van der Waals surface area contributed by atoms with Crippen molar-refractivity contribution in [2.24, 2.45) is 0 Å². The van der Waals surface area contributed by atoms with Gasteiger partial charge in [-0.1, -0.05) is 11.6 Å². The van der Waals surface area contributed by atoms with Crippen molar-refractivity contribution in [2.75, 3.05) is 13.1 Å². The predicted molar refractivity (Wildman–Crippen MR) is 95.8 cm³/mol. The largest absolute Gasteiger partial charge is 0.476 e. The number of rotatable bonds is 4. The van der Waals surface area contributed by atoms with Gasteiger partial charge in [0.05, 0.1) is 18.3 Å². The Kier molecular flexibility index (Phi) is 6.13. The Morgan fingerprint density at radius 3 is 2.52 bits per heavy atom. The standard InChI is InChI=1S/C18H17ClF3N3O4/c19-12-1-2-14(18(20,21)22)11(9-12)10-29-13-3-6-24(7-4-13)17(28)25-8-5-15(23-25)16(26)27/h1-2,5,8-9,13H,3-4,6-7,10H2,(H,26,27). The molecule has 1 aromatic heterocycles. The molecule has 0 spiro atoms. The van der Waals surface area contributed by atoms with Crippen molar-refractivity contribution in [3.05, 3.63) is 52.3 Å². The summed E-state index contributed by atoms with van der Waals surface area (Å²) in [5.41, 5.74) is -1.07. The van der Waals surface area contributed by atoms with Gasteiger partial charge >= 0.3 is 18.2 Å². The van der Waals surface area contributed by atoms with E-state index in [1.165, 1.54) is 29.3 Å². The summed E-state index contributed by atoms with van der Waals surface area (Å²) in [6, 6.07) is 4.10. The number of likely N-dealkylation sites (tertiary alicyclic amines) is 1. The number of aromatic carboxylic acids is 1. The van der Waals surface area contributed by atoms with Gasteiger partial charge in [-0.2, -0.15) is 23.0 Å². The van der Waals surface area contributed by atoms with Gasteiger partial charge in [-0.15, -0.1) is 0 Å². The van der Waals surface area contributed by atoms with Gasteiger partial charge in [0.15, 0.2) is 5.69 Å². The number of amides is 1. The smallest absolute Gasteiger partial charge is 0.416 e. The molecule has 1 amide bonds. The van der Waals surface area contributed by atoms with Gasteiger partial charge in [0.1, 0.15) is 0 Å². The topological polar surface area (TPSA) is 84.7 Å². The van der Waals surface area contributed by atoms with Crippen LogP contribution < -0.4 is 0 Å². The number of carboxylic acids is 1. The van der Waals surface area contributed by atoms with E-state index in [1.807, 2.05) is 0 Å². The summed E-state index contributed by atoms with van der Waals surface area (Å²) in [6.07, 6.45) is -2.68. The first-order chi connectivity index (χ1) is 13.6. The van der Waals surface area contributed by atoms with Crippen LogP contribution >= 0.6 is 11.6 Å². The minimum atomic E-state index is -4.50. The molecule has 2 aromatic rings. The fourth-order valence-electron chi connectivity index (χ4n) is 3.07. The fraction of sp³-hybridized carbons (Fsp3) is 0.389. The number of hydrogen-bond donors (Lipinski definition) is 1. The lowest BCUT2D eigenvalue weighted by atomic mass is 10.1. The number of hydrogen-bond acceptors (Lipinski definition) is 4. The van der Waals surface area contributed by atoms with Crippen molar-refractivity contribution in [1.82, 2.24) is 14.7 Å². The van der Waals surface area contributed by atoms with Crippen LogP contribution in [-0.4, -0.2) is 51.0 Å². The molecular formula is C18H17ClF3N3O4. The molecular weight excluding hydrogens is 415 g/mol. The maximum Gasteiger partial charge on any atom is 0.416 e. The summed E-state index contributed by atoms with van der Waals surface area (Å²) >= 11 is 5.81. The number of aromatic nitrogens is 2. The molecule has 1 N–H and O–H groups in total. The van der Waals surface area contributed by atoms with Crippen LogP contribution in [0.1, 0.15) is 34.5 Å². The lowest BCUT2D eigenvalue weighted by molar-refractivity contribution is -0.139. The van der Waals surface area contributed by atoms with Crippen molar-refractivity contribution in [3.8, 4) is 0 Å². The average Bonchev–Trinajstić information content (AvgIpc) is 3.16. The van der Waals surface area contributed by atoms with E-state index in [0.29, 0.717) is 25.9 Å². The highest BCUT2D eigenvalue weighted by Gasteiger charge is 2.33. The SMILES string of the molecule is O=C(O)c1ccn(C(=O)N2CCC(OCc3cc(Cl)ccc3C(F)(F)F)CC2)n1. The third-order valence-electron chi connectivity index (χ3n) is 4.56. The highest BCUT2D eigenvalue weighted by molar-refractivity contribution is 6.30. The Balaban J connectivity index is 1.56. The monoisotopic (exact) mass is 431 g/mol. The summed E-state index contributed by atoms with van der Waals surface area (Å²) in [5, 5.41) is 12.8. The lowest BCUT2D eigenvalue weighted by Gasteiger charge is -2.31. The molecule has 0 saturated carbocycles. The normalized spacial score (nSPS) is 15.5. The highest BCUT2D eigenvalue weighted by atomic mass is 35.5. The summed E-state index contributed by atoms with van der Waals surface area (Å²) in [5.74, 6) is -1.23. The second kappa shape index (κ2) is 8.42. The Labute approximate surface area is 168 Å². The predicted octanol–water partition coefficient (Wildman–Crippen LogP) is 3.90. The van der Waals surface area contributed by atoms with E-state index in [4.69, 9.17) is 21.4 Å². The molecule has 2 heterocycles. The number of halogens is 4. The molecule has 0 atom stereocenters.